The first kappa shape index (κ1) is 11.6. The molecule has 1 unspecified atom stereocenters. The van der Waals surface area contributed by atoms with Gasteiger partial charge in [0, 0.05) is 0 Å². The molecule has 1 N–H and O–H groups in total. The van der Waals surface area contributed by atoms with Crippen LogP contribution in [0.5, 0.6) is 5.75 Å². The second-order valence-electron chi connectivity index (χ2n) is 6.24. The lowest BCUT2D eigenvalue weighted by atomic mass is 9.65. The fourth-order valence-corrected chi connectivity index (χ4v) is 3.10. The lowest BCUT2D eigenvalue weighted by Crippen LogP contribution is -2.28. The number of phenols is 1. The van der Waals surface area contributed by atoms with E-state index in [-0.39, 0.29) is 0 Å². The molecule has 1 aromatic carbocycles. The van der Waals surface area contributed by atoms with Crippen molar-refractivity contribution in [1.29, 1.82) is 0 Å². The zero-order valence-electron chi connectivity index (χ0n) is 11.3. The highest BCUT2D eigenvalue weighted by Crippen LogP contribution is 2.48. The van der Waals surface area contributed by atoms with Crippen LogP contribution in [0.25, 0.3) is 5.57 Å². The predicted octanol–water partition coefficient (Wildman–Crippen LogP) is 4.32. The topological polar surface area (TPSA) is 20.2 Å². The molecule has 0 saturated carbocycles. The molecule has 0 heterocycles. The van der Waals surface area contributed by atoms with Gasteiger partial charge in [0.25, 0.3) is 0 Å². The molecule has 3 rings (SSSR count). The summed E-state index contributed by atoms with van der Waals surface area (Å²) >= 11 is 0. The van der Waals surface area contributed by atoms with Gasteiger partial charge in [-0.05, 0) is 58.6 Å². The second-order valence-corrected chi connectivity index (χ2v) is 6.24. The minimum atomic E-state index is 0.351. The molecular formula is C17H20O. The van der Waals surface area contributed by atoms with Crippen LogP contribution in [0.3, 0.4) is 0 Å². The summed E-state index contributed by atoms with van der Waals surface area (Å²) in [5.41, 5.74) is 5.79. The van der Waals surface area contributed by atoms with Gasteiger partial charge in [-0.25, -0.2) is 0 Å². The molecular weight excluding hydrogens is 220 g/mol. The lowest BCUT2D eigenvalue weighted by Gasteiger charge is -2.40. The van der Waals surface area contributed by atoms with E-state index < -0.39 is 0 Å². The molecule has 0 amide bonds. The normalized spacial score (nSPS) is 24.7. The van der Waals surface area contributed by atoms with Gasteiger partial charge in [0.2, 0.25) is 0 Å². The Morgan fingerprint density at radius 2 is 2.00 bits per heavy atom. The smallest absolute Gasteiger partial charge is 0.115 e. The minimum absolute atomic E-state index is 0.351. The maximum absolute atomic E-state index is 9.58. The van der Waals surface area contributed by atoms with E-state index >= 15 is 0 Å². The number of fused-ring (bicyclic) bond motifs is 3. The van der Waals surface area contributed by atoms with E-state index in [0.717, 1.165) is 12.8 Å². The number of phenolic OH excluding ortho intramolecular Hbond substituents is 1. The average molecular weight is 240 g/mol. The van der Waals surface area contributed by atoms with Gasteiger partial charge in [0.15, 0.2) is 0 Å². The van der Waals surface area contributed by atoms with E-state index in [1.807, 2.05) is 6.07 Å². The van der Waals surface area contributed by atoms with Crippen molar-refractivity contribution in [2.45, 2.75) is 33.6 Å². The highest BCUT2D eigenvalue weighted by atomic mass is 16.3. The Morgan fingerprint density at radius 1 is 1.22 bits per heavy atom. The van der Waals surface area contributed by atoms with Crippen LogP contribution in [0.4, 0.5) is 0 Å². The van der Waals surface area contributed by atoms with Gasteiger partial charge in [-0.2, -0.15) is 0 Å². The highest BCUT2D eigenvalue weighted by Gasteiger charge is 2.34. The largest absolute Gasteiger partial charge is 0.508 e. The Morgan fingerprint density at radius 3 is 2.78 bits per heavy atom. The van der Waals surface area contributed by atoms with Gasteiger partial charge in [-0.1, -0.05) is 39.0 Å². The number of hydrogen-bond donors (Lipinski definition) is 1. The average Bonchev–Trinajstić information content (AvgIpc) is 2.33. The van der Waals surface area contributed by atoms with Crippen LogP contribution in [0.15, 0.2) is 35.9 Å². The number of allylic oxidation sites excluding steroid dienone is 4. The van der Waals surface area contributed by atoms with Crippen LogP contribution in [0, 0.1) is 11.3 Å². The van der Waals surface area contributed by atoms with Crippen LogP contribution in [-0.2, 0) is 6.42 Å². The van der Waals surface area contributed by atoms with Crippen LogP contribution in [-0.4, -0.2) is 5.11 Å². The zero-order chi connectivity index (χ0) is 12.9. The molecule has 0 radical (unpaired) electrons. The minimum Gasteiger partial charge on any atom is -0.508 e. The fraction of sp³-hybridized carbons (Fsp3) is 0.412. The van der Waals surface area contributed by atoms with Gasteiger partial charge in [-0.15, -0.1) is 0 Å². The highest BCUT2D eigenvalue weighted by molar-refractivity contribution is 5.84. The van der Waals surface area contributed by atoms with Crippen molar-refractivity contribution in [2.75, 3.05) is 0 Å². The van der Waals surface area contributed by atoms with Crippen molar-refractivity contribution in [3.05, 3.63) is 47.1 Å². The van der Waals surface area contributed by atoms with Crippen LogP contribution >= 0.6 is 0 Å². The second kappa shape index (κ2) is 3.74. The quantitative estimate of drug-likeness (QED) is 0.716. The molecule has 94 valence electrons. The van der Waals surface area contributed by atoms with Gasteiger partial charge in [0.1, 0.15) is 5.75 Å². The van der Waals surface area contributed by atoms with Crippen LogP contribution in [0.1, 0.15) is 38.3 Å². The summed E-state index contributed by atoms with van der Waals surface area (Å²) in [7, 11) is 0. The molecule has 2 aliphatic carbocycles. The van der Waals surface area contributed by atoms with Gasteiger partial charge >= 0.3 is 0 Å². The van der Waals surface area contributed by atoms with Crippen molar-refractivity contribution in [3.63, 3.8) is 0 Å². The summed E-state index contributed by atoms with van der Waals surface area (Å²) in [6, 6.07) is 5.76. The molecule has 1 heteroatoms. The van der Waals surface area contributed by atoms with Crippen molar-refractivity contribution in [1.82, 2.24) is 0 Å². The summed E-state index contributed by atoms with van der Waals surface area (Å²) in [4.78, 5) is 0. The molecule has 0 aliphatic heterocycles. The monoisotopic (exact) mass is 240 g/mol. The Hall–Kier alpha value is -1.50. The van der Waals surface area contributed by atoms with Crippen LogP contribution in [0.2, 0.25) is 0 Å². The summed E-state index contributed by atoms with van der Waals surface area (Å²) in [6.07, 6.45) is 6.79. The Kier molecular flexibility index (Phi) is 2.41. The first-order valence-electron chi connectivity index (χ1n) is 6.72. The van der Waals surface area contributed by atoms with E-state index in [2.05, 4.69) is 39.0 Å². The molecule has 0 saturated heterocycles. The maximum atomic E-state index is 9.58. The summed E-state index contributed by atoms with van der Waals surface area (Å²) in [5, 5.41) is 9.58. The number of rotatable bonds is 0. The molecule has 0 aromatic heterocycles. The fourth-order valence-electron chi connectivity index (χ4n) is 3.10. The predicted molar refractivity (Wildman–Crippen MR) is 75.4 cm³/mol. The molecule has 1 nitrogen and oxygen atoms in total. The Balaban J connectivity index is 2.13. The number of aromatic hydroxyl groups is 1. The molecule has 0 bridgehead atoms. The van der Waals surface area contributed by atoms with Gasteiger partial charge in [0.05, 0.1) is 0 Å². The number of hydrogen-bond acceptors (Lipinski definition) is 1. The van der Waals surface area contributed by atoms with E-state index in [1.165, 1.54) is 22.3 Å². The SMILES string of the molecule is CC1C2=CCc3cc(O)ccc3C2=CCC1(C)C. The first-order valence-corrected chi connectivity index (χ1v) is 6.72. The van der Waals surface area contributed by atoms with E-state index in [4.69, 9.17) is 0 Å². The van der Waals surface area contributed by atoms with E-state index in [0.29, 0.717) is 17.1 Å². The summed E-state index contributed by atoms with van der Waals surface area (Å²) in [5.74, 6) is 0.967. The first-order chi connectivity index (χ1) is 8.49. The molecule has 0 spiro atoms. The Labute approximate surface area is 109 Å². The summed E-state index contributed by atoms with van der Waals surface area (Å²) in [6.45, 7) is 7.03. The third kappa shape index (κ3) is 1.61. The number of benzene rings is 1. The Bertz CT molecular complexity index is 561. The molecule has 1 atom stereocenters. The molecule has 0 fully saturated rings. The van der Waals surface area contributed by atoms with Gasteiger partial charge < -0.3 is 5.11 Å². The standard InChI is InChI=1S/C17H20O/c1-11-14-6-4-12-10-13(18)5-7-15(12)16(14)8-9-17(11,2)3/h5-8,10-11,18H,4,9H2,1-3H3. The molecule has 18 heavy (non-hydrogen) atoms. The third-order valence-corrected chi connectivity index (χ3v) is 4.70. The lowest BCUT2D eigenvalue weighted by molar-refractivity contribution is 0.266. The molecule has 1 aromatic rings. The zero-order valence-corrected chi connectivity index (χ0v) is 11.3. The molecule has 2 aliphatic rings. The van der Waals surface area contributed by atoms with Crippen molar-refractivity contribution in [2.24, 2.45) is 11.3 Å². The van der Waals surface area contributed by atoms with Gasteiger partial charge in [-0.3, -0.25) is 0 Å². The third-order valence-electron chi connectivity index (χ3n) is 4.70. The summed E-state index contributed by atoms with van der Waals surface area (Å²) < 4.78 is 0. The van der Waals surface area contributed by atoms with Crippen LogP contribution < -0.4 is 0 Å². The van der Waals surface area contributed by atoms with Crippen molar-refractivity contribution < 1.29 is 5.11 Å². The van der Waals surface area contributed by atoms with Crippen molar-refractivity contribution in [3.8, 4) is 5.75 Å². The van der Waals surface area contributed by atoms with E-state index in [9.17, 15) is 5.11 Å². The van der Waals surface area contributed by atoms with Crippen molar-refractivity contribution >= 4 is 5.57 Å². The maximum Gasteiger partial charge on any atom is 0.115 e. The van der Waals surface area contributed by atoms with E-state index in [1.54, 1.807) is 6.07 Å².